The number of hydrogen-bond donors (Lipinski definition) is 1. The topological polar surface area (TPSA) is 110 Å². The molecule has 9 nitrogen and oxygen atoms in total. The first kappa shape index (κ1) is 22.9. The molecular weight excluding hydrogens is 434 g/mol. The van der Waals surface area contributed by atoms with Crippen LogP contribution in [-0.4, -0.2) is 41.3 Å². The van der Waals surface area contributed by atoms with E-state index >= 15 is 0 Å². The number of furan rings is 1. The summed E-state index contributed by atoms with van der Waals surface area (Å²) < 4.78 is 43.6. The zero-order valence-corrected chi connectivity index (χ0v) is 18.6. The zero-order valence-electron chi connectivity index (χ0n) is 17.8. The van der Waals surface area contributed by atoms with E-state index in [1.165, 1.54) is 44.9 Å². The number of nitrogens with zero attached hydrogens (tertiary/aromatic N) is 2. The van der Waals surface area contributed by atoms with Gasteiger partial charge in [-0.05, 0) is 43.3 Å². The average Bonchev–Trinajstić information content (AvgIpc) is 3.31. The lowest BCUT2D eigenvalue weighted by molar-refractivity contribution is -0.119. The molecule has 0 aliphatic carbocycles. The van der Waals surface area contributed by atoms with Gasteiger partial charge in [-0.15, -0.1) is 0 Å². The van der Waals surface area contributed by atoms with Crippen molar-refractivity contribution in [2.24, 2.45) is 5.10 Å². The number of anilines is 1. The fourth-order valence-corrected chi connectivity index (χ4v) is 4.26. The molecule has 32 heavy (non-hydrogen) atoms. The summed E-state index contributed by atoms with van der Waals surface area (Å²) in [6.45, 7) is 1.32. The van der Waals surface area contributed by atoms with Gasteiger partial charge in [0.15, 0.2) is 0 Å². The van der Waals surface area contributed by atoms with Crippen molar-refractivity contribution in [3.05, 3.63) is 72.2 Å². The predicted octanol–water partition coefficient (Wildman–Crippen LogP) is 2.95. The summed E-state index contributed by atoms with van der Waals surface area (Å²) in [7, 11) is -1.21. The second-order valence-corrected chi connectivity index (χ2v) is 8.53. The van der Waals surface area contributed by atoms with E-state index in [0.717, 1.165) is 9.87 Å². The summed E-state index contributed by atoms with van der Waals surface area (Å²) in [6.07, 6.45) is 2.78. The van der Waals surface area contributed by atoms with Gasteiger partial charge < -0.3 is 13.9 Å². The predicted molar refractivity (Wildman–Crippen MR) is 120 cm³/mol. The maximum atomic E-state index is 13.5. The van der Waals surface area contributed by atoms with Gasteiger partial charge in [-0.2, -0.15) is 5.10 Å². The maximum Gasteiger partial charge on any atom is 0.264 e. The molecule has 0 radical (unpaired) electrons. The zero-order chi connectivity index (χ0) is 23.1. The van der Waals surface area contributed by atoms with Crippen LogP contribution in [0.15, 0.2) is 75.3 Å². The van der Waals surface area contributed by atoms with E-state index in [2.05, 4.69) is 10.5 Å². The SMILES string of the molecule is COc1ccc(N(CC(=O)N/N=C\c2ccco2)S(=O)(=O)c2ccc(C)cc2)c(OC)c1. The number of amides is 1. The number of carbonyl (C=O) groups is 1. The van der Waals surface area contributed by atoms with Gasteiger partial charge in [-0.25, -0.2) is 13.8 Å². The van der Waals surface area contributed by atoms with E-state index in [0.29, 0.717) is 11.5 Å². The number of ether oxygens (including phenoxy) is 2. The normalized spacial score (nSPS) is 11.3. The van der Waals surface area contributed by atoms with Crippen LogP contribution in [0.25, 0.3) is 0 Å². The first-order valence-electron chi connectivity index (χ1n) is 9.52. The number of aryl methyl sites for hydroxylation is 1. The molecule has 2 aromatic carbocycles. The van der Waals surface area contributed by atoms with Crippen LogP contribution in [-0.2, 0) is 14.8 Å². The fourth-order valence-electron chi connectivity index (χ4n) is 2.83. The number of hydrazone groups is 1. The van der Waals surface area contributed by atoms with Crippen molar-refractivity contribution in [3.63, 3.8) is 0 Å². The van der Waals surface area contributed by atoms with Crippen molar-refractivity contribution in [1.82, 2.24) is 5.43 Å². The van der Waals surface area contributed by atoms with Gasteiger partial charge in [-0.3, -0.25) is 9.10 Å². The molecule has 168 valence electrons. The highest BCUT2D eigenvalue weighted by Gasteiger charge is 2.29. The molecule has 3 rings (SSSR count). The molecule has 0 saturated heterocycles. The Kier molecular flexibility index (Phi) is 7.16. The van der Waals surface area contributed by atoms with Crippen molar-refractivity contribution in [3.8, 4) is 11.5 Å². The van der Waals surface area contributed by atoms with Crippen LogP contribution in [0.3, 0.4) is 0 Å². The van der Waals surface area contributed by atoms with Gasteiger partial charge in [0.05, 0.1) is 37.3 Å². The molecule has 1 heterocycles. The maximum absolute atomic E-state index is 13.5. The molecule has 1 N–H and O–H groups in total. The highest BCUT2D eigenvalue weighted by molar-refractivity contribution is 7.92. The number of rotatable bonds is 9. The second kappa shape index (κ2) is 10.0. The van der Waals surface area contributed by atoms with Crippen molar-refractivity contribution >= 4 is 27.8 Å². The monoisotopic (exact) mass is 457 g/mol. The molecule has 1 aromatic heterocycles. The number of benzene rings is 2. The van der Waals surface area contributed by atoms with Gasteiger partial charge in [0.25, 0.3) is 15.9 Å². The minimum atomic E-state index is -4.11. The first-order valence-corrected chi connectivity index (χ1v) is 11.0. The Bertz CT molecular complexity index is 1190. The van der Waals surface area contributed by atoms with Crippen LogP contribution in [0.4, 0.5) is 5.69 Å². The van der Waals surface area contributed by atoms with Crippen LogP contribution < -0.4 is 19.2 Å². The second-order valence-electron chi connectivity index (χ2n) is 6.67. The van der Waals surface area contributed by atoms with Crippen molar-refractivity contribution in [1.29, 1.82) is 0 Å². The summed E-state index contributed by atoms with van der Waals surface area (Å²) in [6, 6.07) is 14.3. The molecule has 0 atom stereocenters. The molecule has 0 aliphatic heterocycles. The highest BCUT2D eigenvalue weighted by atomic mass is 32.2. The minimum absolute atomic E-state index is 0.0351. The summed E-state index contributed by atoms with van der Waals surface area (Å²) in [5.74, 6) is 0.491. The van der Waals surface area contributed by atoms with Crippen molar-refractivity contribution in [2.75, 3.05) is 25.1 Å². The van der Waals surface area contributed by atoms with Crippen molar-refractivity contribution < 1.29 is 27.1 Å². The van der Waals surface area contributed by atoms with E-state index in [4.69, 9.17) is 13.9 Å². The highest BCUT2D eigenvalue weighted by Crippen LogP contribution is 2.35. The van der Waals surface area contributed by atoms with E-state index in [1.807, 2.05) is 6.92 Å². The van der Waals surface area contributed by atoms with Crippen LogP contribution in [0, 0.1) is 6.92 Å². The van der Waals surface area contributed by atoms with Crippen LogP contribution in [0.5, 0.6) is 11.5 Å². The van der Waals surface area contributed by atoms with Gasteiger partial charge in [-0.1, -0.05) is 17.7 Å². The minimum Gasteiger partial charge on any atom is -0.497 e. The lowest BCUT2D eigenvalue weighted by Gasteiger charge is -2.25. The van der Waals surface area contributed by atoms with Gasteiger partial charge in [0.2, 0.25) is 0 Å². The standard InChI is InChI=1S/C22H23N3O6S/c1-16-6-9-19(10-7-16)32(27,28)25(20-11-8-17(29-2)13-21(20)30-3)15-22(26)24-23-14-18-5-4-12-31-18/h4-14H,15H2,1-3H3,(H,24,26)/b23-14-. The lowest BCUT2D eigenvalue weighted by atomic mass is 10.2. The van der Waals surface area contributed by atoms with Gasteiger partial charge in [0.1, 0.15) is 23.8 Å². The molecule has 0 fully saturated rings. The summed E-state index contributed by atoms with van der Waals surface area (Å²) in [4.78, 5) is 12.6. The summed E-state index contributed by atoms with van der Waals surface area (Å²) in [5.41, 5.74) is 3.40. The number of carbonyl (C=O) groups excluding carboxylic acids is 1. The van der Waals surface area contributed by atoms with E-state index in [1.54, 1.807) is 36.4 Å². The Balaban J connectivity index is 1.96. The number of hydrogen-bond acceptors (Lipinski definition) is 7. The number of nitrogens with one attached hydrogen (secondary N) is 1. The molecule has 3 aromatic rings. The van der Waals surface area contributed by atoms with E-state index in [9.17, 15) is 13.2 Å². The van der Waals surface area contributed by atoms with E-state index < -0.39 is 22.5 Å². The smallest absolute Gasteiger partial charge is 0.264 e. The van der Waals surface area contributed by atoms with E-state index in [-0.39, 0.29) is 16.3 Å². The first-order chi connectivity index (χ1) is 15.3. The molecular formula is C22H23N3O6S. The molecule has 10 heteroatoms. The van der Waals surface area contributed by atoms with Gasteiger partial charge >= 0.3 is 0 Å². The quantitative estimate of drug-likeness (QED) is 0.391. The Labute approximate surface area is 186 Å². The molecule has 0 saturated carbocycles. The Morgan fingerprint density at radius 1 is 1.12 bits per heavy atom. The van der Waals surface area contributed by atoms with Crippen molar-refractivity contribution in [2.45, 2.75) is 11.8 Å². The Hall–Kier alpha value is -3.79. The Morgan fingerprint density at radius 3 is 2.50 bits per heavy atom. The lowest BCUT2D eigenvalue weighted by Crippen LogP contribution is -2.39. The number of sulfonamides is 1. The molecule has 0 unspecified atom stereocenters. The van der Waals surface area contributed by atoms with Crippen LogP contribution in [0.2, 0.25) is 0 Å². The largest absolute Gasteiger partial charge is 0.497 e. The third-order valence-corrected chi connectivity index (χ3v) is 6.25. The molecule has 0 aliphatic rings. The van der Waals surface area contributed by atoms with Crippen LogP contribution >= 0.6 is 0 Å². The Morgan fingerprint density at radius 2 is 1.88 bits per heavy atom. The fraction of sp³-hybridized carbons (Fsp3) is 0.182. The molecule has 0 bridgehead atoms. The summed E-state index contributed by atoms with van der Waals surface area (Å²) >= 11 is 0. The summed E-state index contributed by atoms with van der Waals surface area (Å²) in [5, 5.41) is 3.81. The third kappa shape index (κ3) is 5.27. The number of methoxy groups -OCH3 is 2. The average molecular weight is 458 g/mol. The van der Waals surface area contributed by atoms with Crippen LogP contribution in [0.1, 0.15) is 11.3 Å². The third-order valence-electron chi connectivity index (χ3n) is 4.48. The van der Waals surface area contributed by atoms with Gasteiger partial charge in [0, 0.05) is 6.07 Å². The molecule has 1 amide bonds. The molecule has 0 spiro atoms.